The molecular weight excluding hydrogens is 260 g/mol. The van der Waals surface area contributed by atoms with Gasteiger partial charge in [0.25, 0.3) is 0 Å². The van der Waals surface area contributed by atoms with Gasteiger partial charge in [0.2, 0.25) is 0 Å². The average molecular weight is 288 g/mol. The van der Waals surface area contributed by atoms with Crippen LogP contribution in [0.3, 0.4) is 0 Å². The van der Waals surface area contributed by atoms with E-state index in [1.807, 2.05) is 0 Å². The largest absolute Gasteiger partial charge is 0.491 e. The Hall–Kier alpha value is -1.06. The number of benzene rings is 1. The highest BCUT2D eigenvalue weighted by Crippen LogP contribution is 2.42. The molecule has 2 aliphatic rings. The molecule has 1 saturated carbocycles. The molecule has 21 heavy (non-hydrogen) atoms. The number of rotatable bonds is 5. The Bertz CT molecular complexity index is 453. The second-order valence-electron chi connectivity index (χ2n) is 6.79. The van der Waals surface area contributed by atoms with E-state index >= 15 is 0 Å². The van der Waals surface area contributed by atoms with Gasteiger partial charge in [0.05, 0.1) is 6.10 Å². The van der Waals surface area contributed by atoms with Crippen LogP contribution in [0.25, 0.3) is 0 Å². The molecule has 3 rings (SSSR count). The monoisotopic (exact) mass is 288 g/mol. The molecule has 2 unspecified atom stereocenters. The van der Waals surface area contributed by atoms with Crippen molar-refractivity contribution in [3.05, 3.63) is 29.8 Å². The smallest absolute Gasteiger partial charge is 0.119 e. The lowest BCUT2D eigenvalue weighted by molar-refractivity contribution is 0.0879. The summed E-state index contributed by atoms with van der Waals surface area (Å²) in [5, 5.41) is 0. The van der Waals surface area contributed by atoms with Gasteiger partial charge in [-0.2, -0.15) is 0 Å². The molecule has 1 aliphatic carbocycles. The number of hydrogen-bond donors (Lipinski definition) is 1. The highest BCUT2D eigenvalue weighted by molar-refractivity contribution is 5.30. The zero-order valence-corrected chi connectivity index (χ0v) is 13.3. The van der Waals surface area contributed by atoms with Crippen LogP contribution in [-0.2, 0) is 0 Å². The van der Waals surface area contributed by atoms with E-state index in [0.29, 0.717) is 12.0 Å². The standard InChI is InChI=1S/C18H28N2O/c1-13(2)21-17-9-5-14(6-10-17)18-15(12-19)4-3-11-20(18)16-7-8-16/h5-6,9-10,13,15-16,18H,3-4,7-8,11-12,19H2,1-2H3. The Kier molecular flexibility index (Phi) is 4.51. The van der Waals surface area contributed by atoms with Crippen molar-refractivity contribution in [2.24, 2.45) is 11.7 Å². The fraction of sp³-hybridized carbons (Fsp3) is 0.667. The predicted octanol–water partition coefficient (Wildman–Crippen LogP) is 3.35. The number of piperidine rings is 1. The van der Waals surface area contributed by atoms with Crippen LogP contribution in [0.4, 0.5) is 0 Å². The Labute approximate surface area is 128 Å². The second kappa shape index (κ2) is 6.37. The average Bonchev–Trinajstić information content (AvgIpc) is 3.31. The normalized spacial score (nSPS) is 27.0. The molecule has 1 aliphatic heterocycles. The summed E-state index contributed by atoms with van der Waals surface area (Å²) in [6, 6.07) is 10.0. The van der Waals surface area contributed by atoms with E-state index in [1.165, 1.54) is 37.8 Å². The van der Waals surface area contributed by atoms with Crippen molar-refractivity contribution < 1.29 is 4.74 Å². The summed E-state index contributed by atoms with van der Waals surface area (Å²) in [5.41, 5.74) is 7.47. The Morgan fingerprint density at radius 2 is 1.90 bits per heavy atom. The van der Waals surface area contributed by atoms with Gasteiger partial charge in [0.1, 0.15) is 5.75 Å². The lowest BCUT2D eigenvalue weighted by Gasteiger charge is -2.41. The molecule has 1 aromatic carbocycles. The predicted molar refractivity (Wildman–Crippen MR) is 86.5 cm³/mol. The highest BCUT2D eigenvalue weighted by Gasteiger charge is 2.39. The topological polar surface area (TPSA) is 38.5 Å². The van der Waals surface area contributed by atoms with Crippen LogP contribution in [0.5, 0.6) is 5.75 Å². The molecule has 0 aromatic heterocycles. The molecule has 2 atom stereocenters. The van der Waals surface area contributed by atoms with Crippen LogP contribution >= 0.6 is 0 Å². The van der Waals surface area contributed by atoms with Crippen LogP contribution in [-0.4, -0.2) is 30.1 Å². The molecule has 2 N–H and O–H groups in total. The van der Waals surface area contributed by atoms with Crippen LogP contribution < -0.4 is 10.5 Å². The van der Waals surface area contributed by atoms with E-state index in [0.717, 1.165) is 18.3 Å². The molecule has 0 amide bonds. The van der Waals surface area contributed by atoms with Crippen LogP contribution in [0, 0.1) is 5.92 Å². The minimum absolute atomic E-state index is 0.227. The molecule has 1 aromatic rings. The zero-order valence-electron chi connectivity index (χ0n) is 13.3. The van der Waals surface area contributed by atoms with Gasteiger partial charge in [-0.05, 0) is 76.2 Å². The van der Waals surface area contributed by atoms with Crippen molar-refractivity contribution in [1.82, 2.24) is 4.90 Å². The van der Waals surface area contributed by atoms with Gasteiger partial charge in [0, 0.05) is 12.1 Å². The van der Waals surface area contributed by atoms with Gasteiger partial charge in [-0.15, -0.1) is 0 Å². The van der Waals surface area contributed by atoms with E-state index in [-0.39, 0.29) is 6.10 Å². The van der Waals surface area contributed by atoms with E-state index in [2.05, 4.69) is 43.0 Å². The van der Waals surface area contributed by atoms with E-state index in [1.54, 1.807) is 0 Å². The zero-order chi connectivity index (χ0) is 14.8. The van der Waals surface area contributed by atoms with Crippen LogP contribution in [0.15, 0.2) is 24.3 Å². The van der Waals surface area contributed by atoms with Crippen molar-refractivity contribution in [3.8, 4) is 5.75 Å². The third-order valence-electron chi connectivity index (χ3n) is 4.71. The molecule has 3 nitrogen and oxygen atoms in total. The molecule has 0 radical (unpaired) electrons. The molecular formula is C18H28N2O. The van der Waals surface area contributed by atoms with Gasteiger partial charge in [-0.3, -0.25) is 4.90 Å². The first-order valence-electron chi connectivity index (χ1n) is 8.41. The van der Waals surface area contributed by atoms with E-state index < -0.39 is 0 Å². The van der Waals surface area contributed by atoms with Gasteiger partial charge in [0.15, 0.2) is 0 Å². The number of likely N-dealkylation sites (tertiary alicyclic amines) is 1. The first-order valence-corrected chi connectivity index (χ1v) is 8.41. The van der Waals surface area contributed by atoms with Crippen molar-refractivity contribution in [2.45, 2.75) is 57.7 Å². The van der Waals surface area contributed by atoms with E-state index in [9.17, 15) is 0 Å². The summed E-state index contributed by atoms with van der Waals surface area (Å²) < 4.78 is 5.76. The maximum absolute atomic E-state index is 6.06. The highest BCUT2D eigenvalue weighted by atomic mass is 16.5. The summed E-state index contributed by atoms with van der Waals surface area (Å²) >= 11 is 0. The SMILES string of the molecule is CC(C)Oc1ccc(C2C(CN)CCCN2C2CC2)cc1. The van der Waals surface area contributed by atoms with Crippen LogP contribution in [0.1, 0.15) is 51.1 Å². The second-order valence-corrected chi connectivity index (χ2v) is 6.79. The van der Waals surface area contributed by atoms with Gasteiger partial charge >= 0.3 is 0 Å². The van der Waals surface area contributed by atoms with Gasteiger partial charge < -0.3 is 10.5 Å². The number of hydrogen-bond acceptors (Lipinski definition) is 3. The molecule has 1 saturated heterocycles. The summed E-state index contributed by atoms with van der Waals surface area (Å²) in [4.78, 5) is 2.71. The lowest BCUT2D eigenvalue weighted by Crippen LogP contribution is -2.42. The van der Waals surface area contributed by atoms with Crippen molar-refractivity contribution in [2.75, 3.05) is 13.1 Å². The number of ether oxygens (including phenoxy) is 1. The molecule has 116 valence electrons. The fourth-order valence-electron chi connectivity index (χ4n) is 3.65. The van der Waals surface area contributed by atoms with Gasteiger partial charge in [-0.1, -0.05) is 12.1 Å². The molecule has 3 heteroatoms. The maximum Gasteiger partial charge on any atom is 0.119 e. The third-order valence-corrected chi connectivity index (χ3v) is 4.71. The Morgan fingerprint density at radius 3 is 2.48 bits per heavy atom. The van der Waals surface area contributed by atoms with Crippen LogP contribution in [0.2, 0.25) is 0 Å². The number of nitrogens with two attached hydrogens (primary N) is 1. The summed E-state index contributed by atoms with van der Waals surface area (Å²) in [6.45, 7) is 6.15. The Balaban J connectivity index is 1.80. The fourth-order valence-corrected chi connectivity index (χ4v) is 3.65. The summed E-state index contributed by atoms with van der Waals surface area (Å²) in [7, 11) is 0. The minimum atomic E-state index is 0.227. The summed E-state index contributed by atoms with van der Waals surface area (Å²) in [6.07, 6.45) is 5.51. The first kappa shape index (κ1) is 14.9. The molecule has 0 spiro atoms. The maximum atomic E-state index is 6.06. The summed E-state index contributed by atoms with van der Waals surface area (Å²) in [5.74, 6) is 1.56. The van der Waals surface area contributed by atoms with Crippen molar-refractivity contribution >= 4 is 0 Å². The first-order chi connectivity index (χ1) is 10.2. The Morgan fingerprint density at radius 1 is 1.19 bits per heavy atom. The lowest BCUT2D eigenvalue weighted by atomic mass is 9.84. The molecule has 2 fully saturated rings. The van der Waals surface area contributed by atoms with Gasteiger partial charge in [-0.25, -0.2) is 0 Å². The number of nitrogens with zero attached hydrogens (tertiary/aromatic N) is 1. The van der Waals surface area contributed by atoms with E-state index in [4.69, 9.17) is 10.5 Å². The molecule has 1 heterocycles. The van der Waals surface area contributed by atoms with Crippen molar-refractivity contribution in [3.63, 3.8) is 0 Å². The minimum Gasteiger partial charge on any atom is -0.491 e. The third kappa shape index (κ3) is 3.41. The molecule has 0 bridgehead atoms. The van der Waals surface area contributed by atoms with Crippen molar-refractivity contribution in [1.29, 1.82) is 0 Å². The quantitative estimate of drug-likeness (QED) is 0.903.